The molecular weight excluding hydrogens is 232 g/mol. The molecule has 0 aliphatic carbocycles. The van der Waals surface area contributed by atoms with E-state index in [2.05, 4.69) is 47.3 Å². The van der Waals surface area contributed by atoms with Crippen LogP contribution in [-0.4, -0.2) is 17.7 Å². The van der Waals surface area contributed by atoms with Crippen LogP contribution in [0.2, 0.25) is 0 Å². The summed E-state index contributed by atoms with van der Waals surface area (Å²) >= 11 is 0. The van der Waals surface area contributed by atoms with Gasteiger partial charge in [-0.15, -0.1) is 0 Å². The lowest BCUT2D eigenvalue weighted by Crippen LogP contribution is -2.30. The highest BCUT2D eigenvalue weighted by Crippen LogP contribution is 2.23. The van der Waals surface area contributed by atoms with Crippen LogP contribution in [0.4, 0.5) is 0 Å². The first-order valence-electron chi connectivity index (χ1n) is 7.66. The summed E-state index contributed by atoms with van der Waals surface area (Å²) in [6.07, 6.45) is 7.42. The van der Waals surface area contributed by atoms with E-state index >= 15 is 0 Å². The first-order valence-corrected chi connectivity index (χ1v) is 7.66. The molecule has 1 atom stereocenters. The Hall–Kier alpha value is -1.28. The van der Waals surface area contributed by atoms with Crippen molar-refractivity contribution >= 4 is 10.9 Å². The van der Waals surface area contributed by atoms with Crippen LogP contribution in [0.15, 0.2) is 30.5 Å². The molecule has 102 valence electrons. The molecule has 19 heavy (non-hydrogen) atoms. The SMILES string of the molecule is CCc1cccc2ccn(CCC3CCCNC3)c12. The third-order valence-corrected chi connectivity index (χ3v) is 4.43. The largest absolute Gasteiger partial charge is 0.347 e. The van der Waals surface area contributed by atoms with Crippen molar-refractivity contribution in [2.75, 3.05) is 13.1 Å². The van der Waals surface area contributed by atoms with Gasteiger partial charge in [-0.05, 0) is 61.7 Å². The highest BCUT2D eigenvalue weighted by atomic mass is 15.0. The van der Waals surface area contributed by atoms with Crippen LogP contribution in [-0.2, 0) is 13.0 Å². The average molecular weight is 256 g/mol. The van der Waals surface area contributed by atoms with Gasteiger partial charge in [0.25, 0.3) is 0 Å². The fourth-order valence-corrected chi connectivity index (χ4v) is 3.30. The van der Waals surface area contributed by atoms with Crippen molar-refractivity contribution in [1.82, 2.24) is 9.88 Å². The number of nitrogens with zero attached hydrogens (tertiary/aromatic N) is 1. The van der Waals surface area contributed by atoms with Crippen molar-refractivity contribution in [2.45, 2.75) is 39.2 Å². The molecule has 2 heterocycles. The zero-order valence-corrected chi connectivity index (χ0v) is 11.9. The third-order valence-electron chi connectivity index (χ3n) is 4.43. The summed E-state index contributed by atoms with van der Waals surface area (Å²) in [6.45, 7) is 5.83. The molecule has 0 saturated carbocycles. The summed E-state index contributed by atoms with van der Waals surface area (Å²) in [6, 6.07) is 8.93. The van der Waals surface area contributed by atoms with Crippen LogP contribution in [0.5, 0.6) is 0 Å². The van der Waals surface area contributed by atoms with E-state index in [0.717, 1.165) is 18.9 Å². The Morgan fingerprint density at radius 2 is 2.26 bits per heavy atom. The number of aryl methyl sites for hydroxylation is 2. The maximum atomic E-state index is 3.52. The molecular formula is C17H24N2. The number of aromatic nitrogens is 1. The summed E-state index contributed by atoms with van der Waals surface area (Å²) in [5.41, 5.74) is 2.93. The van der Waals surface area contributed by atoms with Crippen molar-refractivity contribution < 1.29 is 0 Å². The molecule has 1 N–H and O–H groups in total. The first-order chi connectivity index (χ1) is 9.38. The second-order valence-electron chi connectivity index (χ2n) is 5.72. The lowest BCUT2D eigenvalue weighted by Gasteiger charge is -2.23. The Kier molecular flexibility index (Phi) is 3.88. The minimum absolute atomic E-state index is 0.861. The van der Waals surface area contributed by atoms with E-state index in [0.29, 0.717) is 0 Å². The van der Waals surface area contributed by atoms with Gasteiger partial charge in [0.05, 0.1) is 5.52 Å². The van der Waals surface area contributed by atoms with Gasteiger partial charge in [0.2, 0.25) is 0 Å². The quantitative estimate of drug-likeness (QED) is 0.884. The van der Waals surface area contributed by atoms with Crippen LogP contribution < -0.4 is 5.32 Å². The number of rotatable bonds is 4. The Balaban J connectivity index is 1.77. The molecule has 0 spiro atoms. The van der Waals surface area contributed by atoms with Gasteiger partial charge >= 0.3 is 0 Å². The van der Waals surface area contributed by atoms with E-state index in [9.17, 15) is 0 Å². The van der Waals surface area contributed by atoms with E-state index < -0.39 is 0 Å². The molecule has 1 aromatic carbocycles. The Morgan fingerprint density at radius 3 is 3.05 bits per heavy atom. The summed E-state index contributed by atoms with van der Waals surface area (Å²) in [5, 5.41) is 4.91. The topological polar surface area (TPSA) is 17.0 Å². The van der Waals surface area contributed by atoms with Gasteiger partial charge < -0.3 is 9.88 Å². The zero-order chi connectivity index (χ0) is 13.1. The van der Waals surface area contributed by atoms with Gasteiger partial charge in [-0.2, -0.15) is 0 Å². The molecule has 2 nitrogen and oxygen atoms in total. The molecule has 0 bridgehead atoms. The van der Waals surface area contributed by atoms with Crippen LogP contribution in [0.3, 0.4) is 0 Å². The Morgan fingerprint density at radius 1 is 1.32 bits per heavy atom. The second-order valence-corrected chi connectivity index (χ2v) is 5.72. The molecule has 1 aliphatic rings. The number of para-hydroxylation sites is 1. The van der Waals surface area contributed by atoms with Gasteiger partial charge in [-0.3, -0.25) is 0 Å². The molecule has 1 unspecified atom stereocenters. The minimum Gasteiger partial charge on any atom is -0.347 e. The normalized spacial score (nSPS) is 19.9. The predicted octanol–water partition coefficient (Wildman–Crippen LogP) is 3.59. The molecule has 1 saturated heterocycles. The number of nitrogens with one attached hydrogen (secondary N) is 1. The fraction of sp³-hybridized carbons (Fsp3) is 0.529. The molecule has 1 fully saturated rings. The van der Waals surface area contributed by atoms with Gasteiger partial charge in [0.1, 0.15) is 0 Å². The van der Waals surface area contributed by atoms with Crippen molar-refractivity contribution in [2.24, 2.45) is 5.92 Å². The summed E-state index contributed by atoms with van der Waals surface area (Å²) in [7, 11) is 0. The lowest BCUT2D eigenvalue weighted by molar-refractivity contribution is 0.343. The van der Waals surface area contributed by atoms with E-state index in [1.54, 1.807) is 0 Å². The van der Waals surface area contributed by atoms with Crippen LogP contribution in [0, 0.1) is 5.92 Å². The number of hydrogen-bond donors (Lipinski definition) is 1. The Bertz CT molecular complexity index is 535. The molecule has 0 radical (unpaired) electrons. The zero-order valence-electron chi connectivity index (χ0n) is 11.9. The summed E-state index contributed by atoms with van der Waals surface area (Å²) in [4.78, 5) is 0. The van der Waals surface area contributed by atoms with Crippen molar-refractivity contribution in [3.63, 3.8) is 0 Å². The number of benzene rings is 1. The lowest BCUT2D eigenvalue weighted by atomic mass is 9.96. The van der Waals surface area contributed by atoms with Crippen LogP contribution in [0.25, 0.3) is 10.9 Å². The van der Waals surface area contributed by atoms with E-state index in [4.69, 9.17) is 0 Å². The highest BCUT2D eigenvalue weighted by molar-refractivity contribution is 5.83. The van der Waals surface area contributed by atoms with Gasteiger partial charge in [0, 0.05) is 12.7 Å². The second kappa shape index (κ2) is 5.79. The van der Waals surface area contributed by atoms with Crippen LogP contribution in [0.1, 0.15) is 31.7 Å². The molecule has 1 aromatic heterocycles. The van der Waals surface area contributed by atoms with Crippen molar-refractivity contribution in [1.29, 1.82) is 0 Å². The summed E-state index contributed by atoms with van der Waals surface area (Å²) in [5.74, 6) is 0.861. The van der Waals surface area contributed by atoms with Crippen molar-refractivity contribution in [3.8, 4) is 0 Å². The maximum Gasteiger partial charge on any atom is 0.0512 e. The fourth-order valence-electron chi connectivity index (χ4n) is 3.30. The highest BCUT2D eigenvalue weighted by Gasteiger charge is 2.13. The molecule has 2 heteroatoms. The third kappa shape index (κ3) is 2.69. The van der Waals surface area contributed by atoms with Gasteiger partial charge in [-0.25, -0.2) is 0 Å². The number of piperidine rings is 1. The molecule has 2 aromatic rings. The van der Waals surface area contributed by atoms with Gasteiger partial charge in [-0.1, -0.05) is 25.1 Å². The van der Waals surface area contributed by atoms with Crippen LogP contribution >= 0.6 is 0 Å². The maximum absolute atomic E-state index is 3.52. The molecule has 1 aliphatic heterocycles. The first kappa shape index (κ1) is 12.7. The standard InChI is InChI=1S/C17H24N2/c1-2-15-6-3-7-16-9-12-19(17(15)16)11-8-14-5-4-10-18-13-14/h3,6-7,9,12,14,18H,2,4-5,8,10-11,13H2,1H3. The average Bonchev–Trinajstić information content (AvgIpc) is 2.89. The monoisotopic (exact) mass is 256 g/mol. The van der Waals surface area contributed by atoms with E-state index in [1.165, 1.54) is 48.8 Å². The minimum atomic E-state index is 0.861. The van der Waals surface area contributed by atoms with Crippen molar-refractivity contribution in [3.05, 3.63) is 36.0 Å². The number of hydrogen-bond acceptors (Lipinski definition) is 1. The van der Waals surface area contributed by atoms with E-state index in [-0.39, 0.29) is 0 Å². The summed E-state index contributed by atoms with van der Waals surface area (Å²) < 4.78 is 2.46. The van der Waals surface area contributed by atoms with E-state index in [1.807, 2.05) is 0 Å². The smallest absolute Gasteiger partial charge is 0.0512 e. The Labute approximate surface area is 115 Å². The molecule has 0 amide bonds. The molecule has 3 rings (SSSR count). The predicted molar refractivity (Wildman–Crippen MR) is 81.5 cm³/mol. The number of fused-ring (bicyclic) bond motifs is 1. The van der Waals surface area contributed by atoms with Gasteiger partial charge in [0.15, 0.2) is 0 Å².